The van der Waals surface area contributed by atoms with Crippen LogP contribution in [0.5, 0.6) is 0 Å². The molecule has 0 unspecified atom stereocenters. The van der Waals surface area contributed by atoms with E-state index in [0.717, 1.165) is 48.5 Å². The van der Waals surface area contributed by atoms with E-state index >= 15 is 0 Å². The van der Waals surface area contributed by atoms with Crippen molar-refractivity contribution >= 4 is 50.3 Å². The van der Waals surface area contributed by atoms with Crippen LogP contribution < -0.4 is 4.90 Å². The number of aromatic nitrogens is 2. The lowest BCUT2D eigenvalue weighted by atomic mass is 10.0. The lowest BCUT2D eigenvalue weighted by Gasteiger charge is -2.34. The van der Waals surface area contributed by atoms with E-state index in [0.29, 0.717) is 62.2 Å². The van der Waals surface area contributed by atoms with E-state index in [1.165, 1.54) is 11.2 Å². The third-order valence-electron chi connectivity index (χ3n) is 7.80. The van der Waals surface area contributed by atoms with Gasteiger partial charge in [-0.2, -0.15) is 26.2 Å². The first-order chi connectivity index (χ1) is 20.4. The van der Waals surface area contributed by atoms with Gasteiger partial charge in [-0.15, -0.1) is 0 Å². The first-order valence-corrected chi connectivity index (χ1v) is 16.0. The van der Waals surface area contributed by atoms with Gasteiger partial charge in [0.25, 0.3) is 11.8 Å². The van der Waals surface area contributed by atoms with E-state index in [4.69, 9.17) is 0 Å². The van der Waals surface area contributed by atoms with Crippen molar-refractivity contribution in [3.05, 3.63) is 58.9 Å². The molecule has 5 rings (SSSR count). The molecular formula is C28H29F4N5O4S2. The van der Waals surface area contributed by atoms with Gasteiger partial charge in [0.1, 0.15) is 21.7 Å². The highest BCUT2D eigenvalue weighted by Crippen LogP contribution is 2.35. The topological polar surface area (TPSA) is 104 Å². The molecule has 3 heterocycles. The number of unbranched alkanes of at least 4 members (excludes halogenated alkanes) is 3. The number of hydrogen-bond acceptors (Lipinski definition) is 8. The fourth-order valence-corrected chi connectivity index (χ4v) is 7.57. The van der Waals surface area contributed by atoms with Gasteiger partial charge >= 0.3 is 6.18 Å². The predicted octanol–water partition coefficient (Wildman–Crippen LogP) is 5.00. The van der Waals surface area contributed by atoms with Crippen LogP contribution >= 0.6 is 11.7 Å². The molecule has 3 aromatic rings. The monoisotopic (exact) mass is 639 g/mol. The molecule has 0 aliphatic carbocycles. The first-order valence-electron chi connectivity index (χ1n) is 13.8. The maximum absolute atomic E-state index is 14.1. The summed E-state index contributed by atoms with van der Waals surface area (Å²) in [5.41, 5.74) is -0.251. The van der Waals surface area contributed by atoms with Gasteiger partial charge in [0.2, 0.25) is 10.0 Å². The SMILES string of the molecule is CC1=C(CCCCCCN2CCN(S(=O)(=O)c3cccc4nsnc34)CC2)C(=O)N(c2ccc(C(F)(F)F)c(F)c2)C1=O. The largest absolute Gasteiger partial charge is 0.419 e. The smallest absolute Gasteiger partial charge is 0.301 e. The third kappa shape index (κ3) is 6.35. The summed E-state index contributed by atoms with van der Waals surface area (Å²) < 4.78 is 88.9. The minimum Gasteiger partial charge on any atom is -0.301 e. The Morgan fingerprint density at radius 3 is 2.35 bits per heavy atom. The van der Waals surface area contributed by atoms with Crippen LogP contribution in [-0.4, -0.2) is 70.9 Å². The number of sulfonamides is 1. The highest BCUT2D eigenvalue weighted by molar-refractivity contribution is 7.89. The van der Waals surface area contributed by atoms with Gasteiger partial charge in [-0.1, -0.05) is 18.9 Å². The molecule has 0 radical (unpaired) electrons. The highest BCUT2D eigenvalue weighted by Gasteiger charge is 2.39. The van der Waals surface area contributed by atoms with Crippen LogP contribution in [0.4, 0.5) is 23.2 Å². The van der Waals surface area contributed by atoms with Crippen molar-refractivity contribution < 1.29 is 35.6 Å². The van der Waals surface area contributed by atoms with Crippen molar-refractivity contribution in [1.82, 2.24) is 18.0 Å². The molecule has 0 spiro atoms. The van der Waals surface area contributed by atoms with Crippen molar-refractivity contribution in [2.75, 3.05) is 37.6 Å². The van der Waals surface area contributed by atoms with Crippen molar-refractivity contribution in [2.24, 2.45) is 0 Å². The quantitative estimate of drug-likeness (QED) is 0.175. The molecule has 43 heavy (non-hydrogen) atoms. The predicted molar refractivity (Wildman–Crippen MR) is 152 cm³/mol. The highest BCUT2D eigenvalue weighted by atomic mass is 32.2. The molecule has 15 heteroatoms. The van der Waals surface area contributed by atoms with Crippen LogP contribution in [0, 0.1) is 5.82 Å². The number of nitrogens with zero attached hydrogens (tertiary/aromatic N) is 5. The average molecular weight is 640 g/mol. The number of carbonyl (C=O) groups is 2. The fraction of sp³-hybridized carbons (Fsp3) is 0.429. The second-order valence-corrected chi connectivity index (χ2v) is 12.9. The minimum atomic E-state index is -4.88. The molecule has 1 aromatic heterocycles. The molecule has 1 saturated heterocycles. The molecule has 2 aliphatic heterocycles. The number of benzene rings is 2. The summed E-state index contributed by atoms with van der Waals surface area (Å²) in [6.45, 7) is 4.25. The van der Waals surface area contributed by atoms with E-state index in [9.17, 15) is 35.6 Å². The number of hydrogen-bond donors (Lipinski definition) is 0. The molecule has 0 bridgehead atoms. The Kier molecular flexibility index (Phi) is 8.97. The van der Waals surface area contributed by atoms with Crippen LogP contribution in [0.1, 0.15) is 44.6 Å². The molecule has 2 aromatic carbocycles. The van der Waals surface area contributed by atoms with Crippen molar-refractivity contribution in [2.45, 2.75) is 50.1 Å². The number of alkyl halides is 3. The summed E-state index contributed by atoms with van der Waals surface area (Å²) in [6.07, 6.45) is -1.41. The van der Waals surface area contributed by atoms with Crippen molar-refractivity contribution in [3.63, 3.8) is 0 Å². The van der Waals surface area contributed by atoms with Gasteiger partial charge in [-0.3, -0.25) is 9.59 Å². The van der Waals surface area contributed by atoms with E-state index in [2.05, 4.69) is 13.6 Å². The Labute approximate surface area is 250 Å². The summed E-state index contributed by atoms with van der Waals surface area (Å²) >= 11 is 0.981. The van der Waals surface area contributed by atoms with E-state index in [-0.39, 0.29) is 21.7 Å². The number of imide groups is 1. The van der Waals surface area contributed by atoms with Crippen LogP contribution in [0.15, 0.2) is 52.4 Å². The third-order valence-corrected chi connectivity index (χ3v) is 10.3. The maximum atomic E-state index is 14.1. The Morgan fingerprint density at radius 2 is 1.65 bits per heavy atom. The number of carbonyl (C=O) groups excluding carboxylic acids is 2. The number of anilines is 1. The average Bonchev–Trinajstić information content (AvgIpc) is 3.52. The van der Waals surface area contributed by atoms with Gasteiger partial charge < -0.3 is 4.90 Å². The van der Waals surface area contributed by atoms with Crippen LogP contribution in [0.2, 0.25) is 0 Å². The van der Waals surface area contributed by atoms with Crippen molar-refractivity contribution in [3.8, 4) is 0 Å². The van der Waals surface area contributed by atoms with Gasteiger partial charge in [-0.05, 0) is 63.1 Å². The summed E-state index contributed by atoms with van der Waals surface area (Å²) in [7, 11) is -3.68. The normalized spacial score (nSPS) is 17.6. The Bertz CT molecular complexity index is 1680. The molecule has 1 fully saturated rings. The molecule has 9 nitrogen and oxygen atoms in total. The second kappa shape index (κ2) is 12.4. The molecule has 0 atom stereocenters. The van der Waals surface area contributed by atoms with Crippen LogP contribution in [0.25, 0.3) is 11.0 Å². The van der Waals surface area contributed by atoms with Gasteiger partial charge in [0, 0.05) is 37.3 Å². The zero-order valence-corrected chi connectivity index (χ0v) is 24.9. The van der Waals surface area contributed by atoms with E-state index in [1.54, 1.807) is 18.2 Å². The molecule has 0 saturated carbocycles. The van der Waals surface area contributed by atoms with Crippen LogP contribution in [-0.2, 0) is 25.8 Å². The Morgan fingerprint density at radius 1 is 0.930 bits per heavy atom. The van der Waals surface area contributed by atoms with Crippen molar-refractivity contribution in [1.29, 1.82) is 0 Å². The standard InChI is InChI=1S/C28H29F4N5O4S2/c1-18-20(27(39)37(26(18)38)19-10-11-21(22(29)17-19)28(30,31)32)7-4-2-3-5-12-35-13-15-36(16-14-35)43(40,41)24-9-6-8-23-25(24)34-42-33-23/h6,8-11,17H,2-5,7,12-16H2,1H3. The summed E-state index contributed by atoms with van der Waals surface area (Å²) in [5, 5.41) is 0. The molecule has 0 N–H and O–H groups in total. The number of amides is 2. The van der Waals surface area contributed by atoms with Gasteiger partial charge in [0.15, 0.2) is 0 Å². The molecular weight excluding hydrogens is 610 g/mol. The van der Waals surface area contributed by atoms with E-state index < -0.39 is 39.4 Å². The molecule has 2 amide bonds. The van der Waals surface area contributed by atoms with Gasteiger partial charge in [-0.25, -0.2) is 17.7 Å². The summed E-state index contributed by atoms with van der Waals surface area (Å²) in [5.74, 6) is -2.86. The fourth-order valence-electron chi connectivity index (χ4n) is 5.40. The molecule has 2 aliphatic rings. The lowest BCUT2D eigenvalue weighted by molar-refractivity contribution is -0.140. The van der Waals surface area contributed by atoms with E-state index in [1.807, 2.05) is 0 Å². The number of fused-ring (bicyclic) bond motifs is 1. The Hall–Kier alpha value is -3.27. The number of halogens is 4. The zero-order chi connectivity index (χ0) is 30.9. The first kappa shape index (κ1) is 31.2. The van der Waals surface area contributed by atoms with Gasteiger partial charge in [0.05, 0.1) is 23.0 Å². The molecule has 230 valence electrons. The Balaban J connectivity index is 1.05. The zero-order valence-electron chi connectivity index (χ0n) is 23.2. The second-order valence-electron chi connectivity index (χ2n) is 10.5. The number of piperazine rings is 1. The minimum absolute atomic E-state index is 0.176. The number of rotatable bonds is 10. The summed E-state index contributed by atoms with van der Waals surface area (Å²) in [6, 6.07) is 6.97. The van der Waals surface area contributed by atoms with Crippen LogP contribution in [0.3, 0.4) is 0 Å². The maximum Gasteiger partial charge on any atom is 0.419 e. The summed E-state index contributed by atoms with van der Waals surface area (Å²) in [4.78, 5) is 28.7. The lowest BCUT2D eigenvalue weighted by Crippen LogP contribution is -2.48.